The zero-order valence-electron chi connectivity index (χ0n) is 14.8. The summed E-state index contributed by atoms with van der Waals surface area (Å²) < 4.78 is 0. The highest BCUT2D eigenvalue weighted by atomic mass is 35.5. The third-order valence-electron chi connectivity index (χ3n) is 4.60. The number of rotatable bonds is 3. The van der Waals surface area contributed by atoms with Gasteiger partial charge in [0.15, 0.2) is 0 Å². The summed E-state index contributed by atoms with van der Waals surface area (Å²) in [6.07, 6.45) is 0. The summed E-state index contributed by atoms with van der Waals surface area (Å²) in [7, 11) is 0. The average molecular weight is 374 g/mol. The molecule has 0 spiro atoms. The number of carbonyl (C=O) groups is 2. The van der Waals surface area contributed by atoms with Crippen molar-refractivity contribution in [2.24, 2.45) is 5.73 Å². The van der Waals surface area contributed by atoms with Crippen LogP contribution in [0.4, 0.5) is 0 Å². The molecule has 0 radical (unpaired) electrons. The number of hydrogen-bond acceptors (Lipinski definition) is 3. The predicted octanol–water partition coefficient (Wildman–Crippen LogP) is 2.40. The Labute approximate surface area is 160 Å². The van der Waals surface area contributed by atoms with Crippen molar-refractivity contribution in [3.63, 3.8) is 0 Å². The Kier molecular flexibility index (Phi) is 6.77. The number of amides is 2. The van der Waals surface area contributed by atoms with Crippen LogP contribution >= 0.6 is 12.4 Å². The number of nitrogens with two attached hydrogens (primary N) is 1. The lowest BCUT2D eigenvalue weighted by Crippen LogP contribution is -2.52. The lowest BCUT2D eigenvalue weighted by molar-refractivity contribution is -0.134. The van der Waals surface area contributed by atoms with Gasteiger partial charge < -0.3 is 15.5 Å². The maximum atomic E-state index is 12.6. The highest BCUT2D eigenvalue weighted by Crippen LogP contribution is 2.16. The van der Waals surface area contributed by atoms with E-state index in [2.05, 4.69) is 0 Å². The first-order valence-corrected chi connectivity index (χ1v) is 8.51. The quantitative estimate of drug-likeness (QED) is 0.898. The molecule has 0 aliphatic carbocycles. The molecule has 2 amide bonds. The van der Waals surface area contributed by atoms with E-state index in [0.717, 1.165) is 11.1 Å². The summed E-state index contributed by atoms with van der Waals surface area (Å²) in [6.45, 7) is 4.08. The molecule has 1 fully saturated rings. The molecule has 1 aliphatic rings. The van der Waals surface area contributed by atoms with Crippen molar-refractivity contribution >= 4 is 24.2 Å². The van der Waals surface area contributed by atoms with E-state index >= 15 is 0 Å². The van der Waals surface area contributed by atoms with Gasteiger partial charge in [0.1, 0.15) is 6.04 Å². The number of nitrogens with zero attached hydrogens (tertiary/aromatic N) is 2. The van der Waals surface area contributed by atoms with E-state index in [4.69, 9.17) is 5.73 Å². The Morgan fingerprint density at radius 2 is 1.42 bits per heavy atom. The van der Waals surface area contributed by atoms with Gasteiger partial charge in [-0.05, 0) is 24.6 Å². The third-order valence-corrected chi connectivity index (χ3v) is 4.60. The Bertz CT molecular complexity index is 741. The first-order chi connectivity index (χ1) is 12.1. The Balaban J connectivity index is 0.00000243. The minimum Gasteiger partial charge on any atom is -0.337 e. The number of hydrogen-bond donors (Lipinski definition) is 1. The molecule has 0 aromatic heterocycles. The van der Waals surface area contributed by atoms with Gasteiger partial charge in [-0.1, -0.05) is 48.0 Å². The molecule has 1 atom stereocenters. The van der Waals surface area contributed by atoms with Crippen LogP contribution in [0.25, 0.3) is 0 Å². The fraction of sp³-hybridized carbons (Fsp3) is 0.300. The van der Waals surface area contributed by atoms with Crippen LogP contribution in [0.5, 0.6) is 0 Å². The van der Waals surface area contributed by atoms with Gasteiger partial charge in [-0.2, -0.15) is 0 Å². The number of halogens is 1. The number of piperazine rings is 1. The second-order valence-corrected chi connectivity index (χ2v) is 6.37. The van der Waals surface area contributed by atoms with E-state index in [1.54, 1.807) is 9.80 Å². The summed E-state index contributed by atoms with van der Waals surface area (Å²) >= 11 is 0. The van der Waals surface area contributed by atoms with Crippen LogP contribution in [0.3, 0.4) is 0 Å². The van der Waals surface area contributed by atoms with Crippen LogP contribution < -0.4 is 5.73 Å². The minimum absolute atomic E-state index is 0. The lowest BCUT2D eigenvalue weighted by atomic mass is 10.0. The Hall–Kier alpha value is -2.37. The molecule has 5 nitrogen and oxygen atoms in total. The van der Waals surface area contributed by atoms with Crippen LogP contribution in [0.1, 0.15) is 27.5 Å². The summed E-state index contributed by atoms with van der Waals surface area (Å²) in [4.78, 5) is 28.6. The summed E-state index contributed by atoms with van der Waals surface area (Å²) in [6, 6.07) is 16.3. The third kappa shape index (κ3) is 4.42. The van der Waals surface area contributed by atoms with Crippen LogP contribution in [-0.4, -0.2) is 47.8 Å². The van der Waals surface area contributed by atoms with Crippen molar-refractivity contribution in [1.29, 1.82) is 0 Å². The zero-order valence-corrected chi connectivity index (χ0v) is 15.6. The van der Waals surface area contributed by atoms with Gasteiger partial charge >= 0.3 is 0 Å². The van der Waals surface area contributed by atoms with E-state index in [1.165, 1.54) is 0 Å². The van der Waals surface area contributed by atoms with Crippen molar-refractivity contribution in [2.75, 3.05) is 26.2 Å². The minimum atomic E-state index is -0.656. The molecule has 0 saturated carbocycles. The van der Waals surface area contributed by atoms with Crippen LogP contribution in [-0.2, 0) is 4.79 Å². The smallest absolute Gasteiger partial charge is 0.253 e. The van der Waals surface area contributed by atoms with Gasteiger partial charge in [0.25, 0.3) is 5.91 Å². The number of carbonyl (C=O) groups excluding carboxylic acids is 2. The maximum Gasteiger partial charge on any atom is 0.253 e. The molecule has 1 aliphatic heterocycles. The van der Waals surface area contributed by atoms with E-state index in [0.29, 0.717) is 31.7 Å². The Morgan fingerprint density at radius 3 is 2.00 bits per heavy atom. The zero-order chi connectivity index (χ0) is 17.8. The highest BCUT2D eigenvalue weighted by Gasteiger charge is 2.28. The van der Waals surface area contributed by atoms with Gasteiger partial charge in [-0.3, -0.25) is 9.59 Å². The predicted molar refractivity (Wildman–Crippen MR) is 104 cm³/mol. The largest absolute Gasteiger partial charge is 0.337 e. The second-order valence-electron chi connectivity index (χ2n) is 6.37. The normalized spacial score (nSPS) is 15.2. The van der Waals surface area contributed by atoms with Gasteiger partial charge in [0, 0.05) is 31.7 Å². The molecule has 2 aromatic rings. The van der Waals surface area contributed by atoms with Crippen LogP contribution in [0.15, 0.2) is 54.6 Å². The van der Waals surface area contributed by atoms with Crippen LogP contribution in [0.2, 0.25) is 0 Å². The van der Waals surface area contributed by atoms with Crippen molar-refractivity contribution in [3.8, 4) is 0 Å². The molecule has 6 heteroatoms. The van der Waals surface area contributed by atoms with Crippen molar-refractivity contribution in [2.45, 2.75) is 13.0 Å². The summed E-state index contributed by atoms with van der Waals surface area (Å²) in [5.41, 5.74) is 8.77. The van der Waals surface area contributed by atoms with E-state index < -0.39 is 6.04 Å². The van der Waals surface area contributed by atoms with Crippen LogP contribution in [0, 0.1) is 6.92 Å². The SMILES string of the molecule is Cc1ccc(C(N)C(=O)N2CCN(C(=O)c3ccccc3)CC2)cc1.Cl. The van der Waals surface area contributed by atoms with Crippen molar-refractivity contribution < 1.29 is 9.59 Å². The summed E-state index contributed by atoms with van der Waals surface area (Å²) in [5, 5.41) is 0. The van der Waals surface area contributed by atoms with E-state index in [-0.39, 0.29) is 24.2 Å². The highest BCUT2D eigenvalue weighted by molar-refractivity contribution is 5.94. The summed E-state index contributed by atoms with van der Waals surface area (Å²) in [5.74, 6) is -0.0776. The molecule has 138 valence electrons. The maximum absolute atomic E-state index is 12.6. The molecule has 1 saturated heterocycles. The number of aryl methyl sites for hydroxylation is 1. The van der Waals surface area contributed by atoms with Gasteiger partial charge in [0.05, 0.1) is 0 Å². The first-order valence-electron chi connectivity index (χ1n) is 8.51. The molecule has 2 N–H and O–H groups in total. The van der Waals surface area contributed by atoms with Gasteiger partial charge in [-0.15, -0.1) is 12.4 Å². The fourth-order valence-electron chi connectivity index (χ4n) is 3.01. The fourth-order valence-corrected chi connectivity index (χ4v) is 3.01. The topological polar surface area (TPSA) is 66.6 Å². The molecule has 1 unspecified atom stereocenters. The molecule has 26 heavy (non-hydrogen) atoms. The monoisotopic (exact) mass is 373 g/mol. The Morgan fingerprint density at radius 1 is 0.885 bits per heavy atom. The first kappa shape index (κ1) is 19.9. The molecule has 1 heterocycles. The van der Waals surface area contributed by atoms with E-state index in [1.807, 2.05) is 61.5 Å². The van der Waals surface area contributed by atoms with Gasteiger partial charge in [0.2, 0.25) is 5.91 Å². The molecule has 2 aromatic carbocycles. The molecular formula is C20H24ClN3O2. The lowest BCUT2D eigenvalue weighted by Gasteiger charge is -2.36. The number of benzene rings is 2. The van der Waals surface area contributed by atoms with Gasteiger partial charge in [-0.25, -0.2) is 0 Å². The second kappa shape index (κ2) is 8.83. The van der Waals surface area contributed by atoms with Crippen molar-refractivity contribution in [3.05, 3.63) is 71.3 Å². The molecule has 0 bridgehead atoms. The molecular weight excluding hydrogens is 350 g/mol. The van der Waals surface area contributed by atoms with Crippen molar-refractivity contribution in [1.82, 2.24) is 9.80 Å². The van der Waals surface area contributed by atoms with E-state index in [9.17, 15) is 9.59 Å². The average Bonchev–Trinajstić information content (AvgIpc) is 2.67. The standard InChI is InChI=1S/C20H23N3O2.ClH/c1-15-7-9-16(10-8-15)18(21)20(25)23-13-11-22(12-14-23)19(24)17-5-3-2-4-6-17;/h2-10,18H,11-14,21H2,1H3;1H. The molecule has 3 rings (SSSR count).